The molecule has 0 saturated carbocycles. The van der Waals surface area contributed by atoms with Gasteiger partial charge in [-0.25, -0.2) is 4.68 Å². The van der Waals surface area contributed by atoms with Gasteiger partial charge in [-0.1, -0.05) is 50.6 Å². The number of nitriles is 1. The van der Waals surface area contributed by atoms with Crippen molar-refractivity contribution >= 4 is 28.1 Å². The molecule has 3 heterocycles. The minimum Gasteiger partial charge on any atom is -0.363 e. The number of aryl methyl sites for hydroxylation is 1. The summed E-state index contributed by atoms with van der Waals surface area (Å²) in [4.78, 5) is 14.5. The number of amides is 1. The zero-order chi connectivity index (χ0) is 27.4. The van der Waals surface area contributed by atoms with Crippen molar-refractivity contribution in [2.24, 2.45) is 11.3 Å². The highest BCUT2D eigenvalue weighted by atomic mass is 32.1. The molecule has 0 saturated heterocycles. The molecule has 0 unspecified atom stereocenters. The number of benzene rings is 1. The van der Waals surface area contributed by atoms with Gasteiger partial charge in [0.2, 0.25) is 0 Å². The average molecular weight is 542 g/mol. The molecular formula is C28H30F3N5OS. The van der Waals surface area contributed by atoms with Crippen LogP contribution >= 0.6 is 11.3 Å². The van der Waals surface area contributed by atoms with Crippen molar-refractivity contribution in [2.45, 2.75) is 71.6 Å². The number of hydrogen-bond acceptors (Lipinski definition) is 5. The van der Waals surface area contributed by atoms with Crippen LogP contribution < -0.4 is 10.6 Å². The number of aromatic nitrogens is 2. The Morgan fingerprint density at radius 1 is 1.24 bits per heavy atom. The van der Waals surface area contributed by atoms with Crippen LogP contribution in [0.2, 0.25) is 0 Å². The van der Waals surface area contributed by atoms with Crippen LogP contribution in [0.3, 0.4) is 0 Å². The molecule has 6 nitrogen and oxygen atoms in total. The number of carbonyl (C=O) groups is 1. The van der Waals surface area contributed by atoms with Crippen LogP contribution in [0.15, 0.2) is 30.5 Å². The molecule has 3 aromatic rings. The van der Waals surface area contributed by atoms with E-state index in [1.807, 2.05) is 19.1 Å². The molecule has 0 fully saturated rings. The topological polar surface area (TPSA) is 82.7 Å². The zero-order valence-corrected chi connectivity index (χ0v) is 22.6. The Labute approximate surface area is 223 Å². The molecular weight excluding hydrogens is 511 g/mol. The van der Waals surface area contributed by atoms with Crippen molar-refractivity contribution in [3.05, 3.63) is 63.2 Å². The maximum atomic E-state index is 14.1. The number of anilines is 2. The molecule has 5 rings (SSSR count). The number of fused-ring (bicyclic) bond motifs is 2. The third kappa shape index (κ3) is 4.80. The monoisotopic (exact) mass is 541 g/mol. The summed E-state index contributed by atoms with van der Waals surface area (Å²) in [6.45, 7) is 8.53. The van der Waals surface area contributed by atoms with Gasteiger partial charge in [0.1, 0.15) is 22.5 Å². The minimum absolute atomic E-state index is 0.0129. The van der Waals surface area contributed by atoms with Gasteiger partial charge in [0.15, 0.2) is 6.04 Å². The number of alkyl halides is 3. The first kappa shape index (κ1) is 26.3. The second-order valence-corrected chi connectivity index (χ2v) is 12.4. The van der Waals surface area contributed by atoms with E-state index in [9.17, 15) is 23.2 Å². The Morgan fingerprint density at radius 3 is 2.58 bits per heavy atom. The number of thiophene rings is 1. The summed E-state index contributed by atoms with van der Waals surface area (Å²) in [6.07, 6.45) is -1.04. The Morgan fingerprint density at radius 2 is 1.95 bits per heavy atom. The van der Waals surface area contributed by atoms with Crippen molar-refractivity contribution in [1.82, 2.24) is 9.78 Å². The molecule has 10 heteroatoms. The van der Waals surface area contributed by atoms with E-state index in [0.717, 1.165) is 39.9 Å². The number of nitrogens with one attached hydrogen (secondary N) is 2. The fourth-order valence-corrected chi connectivity index (χ4v) is 6.72. The zero-order valence-electron chi connectivity index (χ0n) is 21.7. The summed E-state index contributed by atoms with van der Waals surface area (Å²) in [5, 5.41) is 20.2. The maximum absolute atomic E-state index is 14.1. The number of rotatable bonds is 3. The summed E-state index contributed by atoms with van der Waals surface area (Å²) in [5.41, 5.74) is 3.27. The summed E-state index contributed by atoms with van der Waals surface area (Å²) in [7, 11) is 0. The normalized spacial score (nSPS) is 21.2. The molecule has 2 aromatic heterocycles. The second kappa shape index (κ2) is 9.45. The lowest BCUT2D eigenvalue weighted by atomic mass is 9.72. The van der Waals surface area contributed by atoms with Gasteiger partial charge < -0.3 is 10.6 Å². The Bertz CT molecular complexity index is 1410. The van der Waals surface area contributed by atoms with Crippen LogP contribution in [0.1, 0.15) is 83.2 Å². The highest BCUT2D eigenvalue weighted by molar-refractivity contribution is 7.16. The van der Waals surface area contributed by atoms with Crippen LogP contribution in [0.25, 0.3) is 0 Å². The number of halogens is 3. The summed E-state index contributed by atoms with van der Waals surface area (Å²) in [6, 6.07) is 7.03. The largest absolute Gasteiger partial charge is 0.410 e. The van der Waals surface area contributed by atoms with E-state index < -0.39 is 24.2 Å². The third-order valence-electron chi connectivity index (χ3n) is 7.79. The first-order chi connectivity index (χ1) is 17.9. The Balaban J connectivity index is 1.46. The van der Waals surface area contributed by atoms with Crippen molar-refractivity contribution < 1.29 is 18.0 Å². The van der Waals surface area contributed by atoms with E-state index in [-0.39, 0.29) is 23.2 Å². The van der Waals surface area contributed by atoms with Crippen LogP contribution in [0.5, 0.6) is 0 Å². The van der Waals surface area contributed by atoms with Crippen LogP contribution in [-0.2, 0) is 12.8 Å². The van der Waals surface area contributed by atoms with Gasteiger partial charge >= 0.3 is 6.18 Å². The molecule has 1 aliphatic heterocycles. The number of nitrogens with zero attached hydrogens (tertiary/aromatic N) is 3. The van der Waals surface area contributed by atoms with Gasteiger partial charge in [0.25, 0.3) is 5.91 Å². The lowest BCUT2D eigenvalue weighted by molar-refractivity contribution is -0.173. The molecule has 1 amide bonds. The number of carbonyl (C=O) groups excluding carboxylic acids is 1. The first-order valence-corrected chi connectivity index (χ1v) is 13.5. The number of hydrogen-bond donors (Lipinski definition) is 2. The van der Waals surface area contributed by atoms with E-state index in [1.165, 1.54) is 17.5 Å². The minimum atomic E-state index is -4.54. The molecule has 2 aliphatic rings. The van der Waals surface area contributed by atoms with Crippen LogP contribution in [-0.4, -0.2) is 21.9 Å². The SMILES string of the molecule is Cc1ccc([C@@H]2C[C@H](C(F)(F)F)n3ncc(C(=O)Nc4sc5c(c4C#N)CC[C@@H](C(C)(C)C)C5)c3N2)cc1. The highest BCUT2D eigenvalue weighted by Gasteiger charge is 2.47. The lowest BCUT2D eigenvalue weighted by Crippen LogP contribution is -2.36. The molecule has 38 heavy (non-hydrogen) atoms. The van der Waals surface area contributed by atoms with E-state index in [4.69, 9.17) is 0 Å². The molecule has 1 aromatic carbocycles. The summed E-state index contributed by atoms with van der Waals surface area (Å²) < 4.78 is 43.0. The molecule has 0 radical (unpaired) electrons. The third-order valence-corrected chi connectivity index (χ3v) is 8.96. The molecule has 200 valence electrons. The van der Waals surface area contributed by atoms with E-state index in [0.29, 0.717) is 22.0 Å². The quantitative estimate of drug-likeness (QED) is 0.368. The maximum Gasteiger partial charge on any atom is 0.410 e. The smallest absolute Gasteiger partial charge is 0.363 e. The fraction of sp³-hybridized carbons (Fsp3) is 0.464. The Kier molecular flexibility index (Phi) is 6.54. The molecule has 0 bridgehead atoms. The van der Waals surface area contributed by atoms with Crippen LogP contribution in [0, 0.1) is 29.6 Å². The predicted molar refractivity (Wildman–Crippen MR) is 141 cm³/mol. The van der Waals surface area contributed by atoms with Crippen molar-refractivity contribution in [1.29, 1.82) is 5.26 Å². The Hall–Kier alpha value is -3.32. The van der Waals surface area contributed by atoms with E-state index in [2.05, 4.69) is 42.6 Å². The molecule has 1 aliphatic carbocycles. The van der Waals surface area contributed by atoms with Gasteiger partial charge in [-0.2, -0.15) is 23.5 Å². The van der Waals surface area contributed by atoms with Crippen molar-refractivity contribution in [2.75, 3.05) is 10.6 Å². The predicted octanol–water partition coefficient (Wildman–Crippen LogP) is 7.19. The summed E-state index contributed by atoms with van der Waals surface area (Å²) in [5.74, 6) is -0.102. The van der Waals surface area contributed by atoms with Crippen molar-refractivity contribution in [3.63, 3.8) is 0 Å². The average Bonchev–Trinajstić information content (AvgIpc) is 3.43. The first-order valence-electron chi connectivity index (χ1n) is 12.7. The highest BCUT2D eigenvalue weighted by Crippen LogP contribution is 2.46. The van der Waals surface area contributed by atoms with Crippen LogP contribution in [0.4, 0.5) is 24.0 Å². The van der Waals surface area contributed by atoms with Gasteiger partial charge in [-0.15, -0.1) is 11.3 Å². The van der Waals surface area contributed by atoms with Gasteiger partial charge in [-0.3, -0.25) is 4.79 Å². The van der Waals surface area contributed by atoms with Crippen molar-refractivity contribution in [3.8, 4) is 6.07 Å². The molecule has 3 atom stereocenters. The standard InChI is InChI=1S/C28H30F3N5OS/c1-15-5-7-16(8-6-15)21-12-23(28(29,30)31)36-24(34-21)20(14-33-36)25(37)35-26-19(13-32)18-10-9-17(27(2,3)4)11-22(18)38-26/h5-8,14,17,21,23,34H,9-12H2,1-4H3,(H,35,37)/t17-,21+,23-/m1/s1. The molecule has 2 N–H and O–H groups in total. The van der Waals surface area contributed by atoms with Gasteiger partial charge in [-0.05, 0) is 48.6 Å². The second-order valence-electron chi connectivity index (χ2n) is 11.3. The molecule has 0 spiro atoms. The fourth-order valence-electron chi connectivity index (χ4n) is 5.45. The lowest BCUT2D eigenvalue weighted by Gasteiger charge is -2.34. The van der Waals surface area contributed by atoms with E-state index >= 15 is 0 Å². The van der Waals surface area contributed by atoms with Gasteiger partial charge in [0.05, 0.1) is 17.8 Å². The summed E-state index contributed by atoms with van der Waals surface area (Å²) >= 11 is 1.39. The van der Waals surface area contributed by atoms with E-state index in [1.54, 1.807) is 12.1 Å². The van der Waals surface area contributed by atoms with Gasteiger partial charge in [0, 0.05) is 11.3 Å².